The summed E-state index contributed by atoms with van der Waals surface area (Å²) in [7, 11) is 1.49. The van der Waals surface area contributed by atoms with Crippen molar-refractivity contribution in [3.05, 3.63) is 35.9 Å². The summed E-state index contributed by atoms with van der Waals surface area (Å²) in [4.78, 5) is 13.2. The summed E-state index contributed by atoms with van der Waals surface area (Å²) in [5.41, 5.74) is 0.944. The molecule has 0 aromatic heterocycles. The molecule has 1 aromatic rings. The van der Waals surface area contributed by atoms with Crippen LogP contribution in [0.15, 0.2) is 30.3 Å². The summed E-state index contributed by atoms with van der Waals surface area (Å²) in [6, 6.07) is 7.97. The fraction of sp³-hybridized carbons (Fsp3) is 0.533. The second-order valence-electron chi connectivity index (χ2n) is 5.29. The van der Waals surface area contributed by atoms with Crippen LogP contribution in [0.25, 0.3) is 0 Å². The van der Waals surface area contributed by atoms with E-state index in [1.54, 1.807) is 4.90 Å². The zero-order chi connectivity index (χ0) is 15.4. The predicted molar refractivity (Wildman–Crippen MR) is 76.2 cm³/mol. The van der Waals surface area contributed by atoms with Crippen molar-refractivity contribution in [1.29, 1.82) is 0 Å². The van der Waals surface area contributed by atoms with Gasteiger partial charge in [0.05, 0.1) is 18.7 Å². The molecule has 1 aliphatic heterocycles. The standard InChI is InChI=1S/C15H21FN2O3/c1-17-13(20)7-11-14(16)15(21)12(9-19)18(11)8-10-5-3-2-4-6-10/h2-6,11-12,14-15,19,21H,7-9H2,1H3,(H,17,20). The second kappa shape index (κ2) is 6.98. The van der Waals surface area contributed by atoms with Crippen LogP contribution in [0, 0.1) is 0 Å². The number of rotatable bonds is 5. The number of hydrogen-bond donors (Lipinski definition) is 3. The number of hydrogen-bond acceptors (Lipinski definition) is 4. The fourth-order valence-corrected chi connectivity index (χ4v) is 2.83. The average molecular weight is 296 g/mol. The Bertz CT molecular complexity index is 471. The van der Waals surface area contributed by atoms with E-state index in [4.69, 9.17) is 0 Å². The zero-order valence-electron chi connectivity index (χ0n) is 11.9. The van der Waals surface area contributed by atoms with Gasteiger partial charge in [-0.05, 0) is 5.56 Å². The van der Waals surface area contributed by atoms with Crippen molar-refractivity contribution in [3.63, 3.8) is 0 Å². The first-order valence-electron chi connectivity index (χ1n) is 7.01. The van der Waals surface area contributed by atoms with Gasteiger partial charge in [0.1, 0.15) is 12.3 Å². The normalized spacial score (nSPS) is 29.5. The average Bonchev–Trinajstić information content (AvgIpc) is 2.72. The number of nitrogens with one attached hydrogen (secondary N) is 1. The van der Waals surface area contributed by atoms with Gasteiger partial charge in [-0.3, -0.25) is 9.69 Å². The molecule has 116 valence electrons. The highest BCUT2D eigenvalue weighted by Gasteiger charge is 2.48. The lowest BCUT2D eigenvalue weighted by molar-refractivity contribution is -0.122. The van der Waals surface area contributed by atoms with E-state index < -0.39 is 24.4 Å². The summed E-state index contributed by atoms with van der Waals surface area (Å²) >= 11 is 0. The molecule has 0 aliphatic carbocycles. The number of alkyl halides is 1. The molecule has 2 rings (SSSR count). The first-order chi connectivity index (χ1) is 10.1. The fourth-order valence-electron chi connectivity index (χ4n) is 2.83. The van der Waals surface area contributed by atoms with Crippen molar-refractivity contribution in [1.82, 2.24) is 10.2 Å². The van der Waals surface area contributed by atoms with E-state index >= 15 is 0 Å². The number of nitrogens with zero attached hydrogens (tertiary/aromatic N) is 1. The summed E-state index contributed by atoms with van der Waals surface area (Å²) in [6.45, 7) is 0.0316. The van der Waals surface area contributed by atoms with Gasteiger partial charge >= 0.3 is 0 Å². The van der Waals surface area contributed by atoms with Crippen LogP contribution < -0.4 is 5.32 Å². The smallest absolute Gasteiger partial charge is 0.221 e. The lowest BCUT2D eigenvalue weighted by atomic mass is 10.1. The third-order valence-electron chi connectivity index (χ3n) is 4.01. The van der Waals surface area contributed by atoms with Crippen LogP contribution >= 0.6 is 0 Å². The second-order valence-corrected chi connectivity index (χ2v) is 5.29. The molecular weight excluding hydrogens is 275 g/mol. The predicted octanol–water partition coefficient (Wildman–Crippen LogP) is 0.0668. The van der Waals surface area contributed by atoms with Crippen LogP contribution in [-0.2, 0) is 11.3 Å². The topological polar surface area (TPSA) is 72.8 Å². The Hall–Kier alpha value is -1.50. The van der Waals surface area contributed by atoms with Gasteiger partial charge < -0.3 is 15.5 Å². The van der Waals surface area contributed by atoms with Gasteiger partial charge in [0, 0.05) is 20.0 Å². The van der Waals surface area contributed by atoms with Crippen LogP contribution in [0.3, 0.4) is 0 Å². The van der Waals surface area contributed by atoms with Crippen molar-refractivity contribution in [2.24, 2.45) is 0 Å². The number of aliphatic hydroxyl groups excluding tert-OH is 2. The third kappa shape index (κ3) is 3.40. The van der Waals surface area contributed by atoms with E-state index in [1.165, 1.54) is 7.05 Å². The molecule has 1 saturated heterocycles. The molecule has 1 heterocycles. The largest absolute Gasteiger partial charge is 0.395 e. The van der Waals surface area contributed by atoms with E-state index in [2.05, 4.69) is 5.32 Å². The molecule has 0 bridgehead atoms. The summed E-state index contributed by atoms with van der Waals surface area (Å²) in [5.74, 6) is -0.286. The van der Waals surface area contributed by atoms with Crippen LogP contribution in [-0.4, -0.2) is 59.0 Å². The molecule has 4 atom stereocenters. The van der Waals surface area contributed by atoms with Crippen molar-refractivity contribution in [2.75, 3.05) is 13.7 Å². The van der Waals surface area contributed by atoms with Gasteiger partial charge in [-0.1, -0.05) is 30.3 Å². The number of amides is 1. The molecule has 0 radical (unpaired) electrons. The molecule has 1 fully saturated rings. The molecule has 4 unspecified atom stereocenters. The van der Waals surface area contributed by atoms with Crippen molar-refractivity contribution in [3.8, 4) is 0 Å². The van der Waals surface area contributed by atoms with E-state index in [0.717, 1.165) is 5.56 Å². The Kier molecular flexibility index (Phi) is 5.27. The molecule has 6 heteroatoms. The molecule has 5 nitrogen and oxygen atoms in total. The molecule has 1 aromatic carbocycles. The molecule has 1 amide bonds. The maximum Gasteiger partial charge on any atom is 0.221 e. The highest BCUT2D eigenvalue weighted by Crippen LogP contribution is 2.31. The summed E-state index contributed by atoms with van der Waals surface area (Å²) in [6.07, 6.45) is -2.88. The van der Waals surface area contributed by atoms with Crippen LogP contribution in [0.1, 0.15) is 12.0 Å². The first-order valence-corrected chi connectivity index (χ1v) is 7.01. The highest BCUT2D eigenvalue weighted by molar-refractivity contribution is 5.76. The Morgan fingerprint density at radius 1 is 1.33 bits per heavy atom. The van der Waals surface area contributed by atoms with Gasteiger partial charge in [0.15, 0.2) is 0 Å². The van der Waals surface area contributed by atoms with E-state index in [1.807, 2.05) is 30.3 Å². The van der Waals surface area contributed by atoms with Crippen LogP contribution in [0.5, 0.6) is 0 Å². The Morgan fingerprint density at radius 2 is 2.00 bits per heavy atom. The maximum atomic E-state index is 14.3. The monoisotopic (exact) mass is 296 g/mol. The number of aliphatic hydroxyl groups is 2. The molecule has 21 heavy (non-hydrogen) atoms. The lowest BCUT2D eigenvalue weighted by Crippen LogP contribution is -2.42. The van der Waals surface area contributed by atoms with Crippen molar-refractivity contribution in [2.45, 2.75) is 37.3 Å². The minimum absolute atomic E-state index is 0.0436. The van der Waals surface area contributed by atoms with E-state index in [9.17, 15) is 19.4 Å². The van der Waals surface area contributed by atoms with Gasteiger partial charge in [0.2, 0.25) is 5.91 Å². The molecule has 0 spiro atoms. The first kappa shape index (κ1) is 15.9. The minimum Gasteiger partial charge on any atom is -0.395 e. The van der Waals surface area contributed by atoms with Gasteiger partial charge in [-0.25, -0.2) is 4.39 Å². The summed E-state index contributed by atoms with van der Waals surface area (Å²) in [5, 5.41) is 21.9. The number of halogens is 1. The Morgan fingerprint density at radius 3 is 2.57 bits per heavy atom. The third-order valence-corrected chi connectivity index (χ3v) is 4.01. The quantitative estimate of drug-likeness (QED) is 0.719. The number of carbonyl (C=O) groups excluding carboxylic acids is 1. The Labute approximate surface area is 123 Å². The molecule has 0 saturated carbocycles. The summed E-state index contributed by atoms with van der Waals surface area (Å²) < 4.78 is 14.3. The van der Waals surface area contributed by atoms with Gasteiger partial charge in [0.25, 0.3) is 0 Å². The zero-order valence-corrected chi connectivity index (χ0v) is 11.9. The molecule has 3 N–H and O–H groups in total. The number of benzene rings is 1. The van der Waals surface area contributed by atoms with E-state index in [-0.39, 0.29) is 18.9 Å². The van der Waals surface area contributed by atoms with Crippen LogP contribution in [0.2, 0.25) is 0 Å². The van der Waals surface area contributed by atoms with E-state index in [0.29, 0.717) is 6.54 Å². The Balaban J connectivity index is 2.20. The van der Waals surface area contributed by atoms with Gasteiger partial charge in [-0.2, -0.15) is 0 Å². The molecular formula is C15H21FN2O3. The molecule has 1 aliphatic rings. The van der Waals surface area contributed by atoms with Crippen molar-refractivity contribution >= 4 is 5.91 Å². The number of likely N-dealkylation sites (tertiary alicyclic amines) is 1. The van der Waals surface area contributed by atoms with Gasteiger partial charge in [-0.15, -0.1) is 0 Å². The number of carbonyl (C=O) groups is 1. The van der Waals surface area contributed by atoms with Crippen LogP contribution in [0.4, 0.5) is 4.39 Å². The lowest BCUT2D eigenvalue weighted by Gasteiger charge is -2.29. The minimum atomic E-state index is -1.55. The maximum absolute atomic E-state index is 14.3. The van der Waals surface area contributed by atoms with Crippen molar-refractivity contribution < 1.29 is 19.4 Å². The SMILES string of the molecule is CNC(=O)CC1C(F)C(O)C(CO)N1Cc1ccccc1. The highest BCUT2D eigenvalue weighted by atomic mass is 19.1.